The summed E-state index contributed by atoms with van der Waals surface area (Å²) < 4.78 is 57.3. The lowest BCUT2D eigenvalue weighted by atomic mass is 9.64. The van der Waals surface area contributed by atoms with E-state index in [2.05, 4.69) is 25.5 Å². The number of benzene rings is 1. The highest BCUT2D eigenvalue weighted by atomic mass is 19.4. The van der Waals surface area contributed by atoms with Gasteiger partial charge in [0.15, 0.2) is 11.6 Å². The van der Waals surface area contributed by atoms with Gasteiger partial charge < -0.3 is 14.6 Å². The molecular formula is C22H20F4N6O2. The summed E-state index contributed by atoms with van der Waals surface area (Å²) in [5, 5.41) is 9.63. The first kappa shape index (κ1) is 22.2. The molecule has 0 radical (unpaired) electrons. The number of amides is 2. The van der Waals surface area contributed by atoms with Crippen molar-refractivity contribution in [3.05, 3.63) is 53.8 Å². The first-order valence-electron chi connectivity index (χ1n) is 10.7. The van der Waals surface area contributed by atoms with Gasteiger partial charge in [0, 0.05) is 23.7 Å². The lowest BCUT2D eigenvalue weighted by Crippen LogP contribution is -2.70. The third kappa shape index (κ3) is 3.66. The van der Waals surface area contributed by atoms with E-state index in [1.54, 1.807) is 18.2 Å². The van der Waals surface area contributed by atoms with Crippen molar-refractivity contribution in [3.63, 3.8) is 0 Å². The maximum atomic E-state index is 13.3. The number of nitrogens with zero attached hydrogens (tertiary/aromatic N) is 5. The van der Waals surface area contributed by atoms with Crippen LogP contribution >= 0.6 is 0 Å². The average Bonchev–Trinajstić information content (AvgIpc) is 3.26. The summed E-state index contributed by atoms with van der Waals surface area (Å²) in [4.78, 5) is 22.8. The van der Waals surface area contributed by atoms with E-state index in [4.69, 9.17) is 4.42 Å². The van der Waals surface area contributed by atoms with E-state index in [0.717, 1.165) is 24.4 Å². The Morgan fingerprint density at radius 3 is 2.62 bits per heavy atom. The first-order chi connectivity index (χ1) is 16.1. The molecule has 3 atom stereocenters. The van der Waals surface area contributed by atoms with Crippen LogP contribution in [-0.2, 0) is 11.7 Å². The summed E-state index contributed by atoms with van der Waals surface area (Å²) in [6, 6.07) is 4.49. The molecule has 34 heavy (non-hydrogen) atoms. The highest BCUT2D eigenvalue weighted by Gasteiger charge is 2.62. The van der Waals surface area contributed by atoms with Gasteiger partial charge in [0.1, 0.15) is 5.54 Å². The Bertz CT molecular complexity index is 1240. The summed E-state index contributed by atoms with van der Waals surface area (Å²) in [5.41, 5.74) is 0.780. The van der Waals surface area contributed by atoms with Crippen LogP contribution in [0.2, 0.25) is 0 Å². The van der Waals surface area contributed by atoms with Gasteiger partial charge in [-0.25, -0.2) is 19.2 Å². The largest absolute Gasteiger partial charge is 0.470 e. The van der Waals surface area contributed by atoms with Crippen molar-refractivity contribution in [2.45, 2.75) is 50.9 Å². The van der Waals surface area contributed by atoms with Crippen LogP contribution in [0, 0.1) is 18.7 Å². The van der Waals surface area contributed by atoms with Gasteiger partial charge in [-0.3, -0.25) is 0 Å². The van der Waals surface area contributed by atoms with Crippen LogP contribution in [0.3, 0.4) is 0 Å². The number of rotatable bonds is 3. The SMILES string of the molecule is Cc1ccc(NC(=O)N2C3C[C@@H](C)CC2(c2nnc(C(F)(F)F)o2)C3)cc1-c1ncc(F)cn1. The average molecular weight is 476 g/mol. The Morgan fingerprint density at radius 1 is 1.21 bits per heavy atom. The van der Waals surface area contributed by atoms with Crippen LogP contribution in [0.1, 0.15) is 43.5 Å². The molecule has 0 saturated carbocycles. The Kier molecular flexibility index (Phi) is 5.06. The number of halogens is 4. The van der Waals surface area contributed by atoms with Gasteiger partial charge in [-0.1, -0.05) is 13.0 Å². The van der Waals surface area contributed by atoms with Crippen molar-refractivity contribution in [2.24, 2.45) is 5.92 Å². The zero-order chi connectivity index (χ0) is 24.3. The molecule has 2 saturated heterocycles. The molecule has 2 unspecified atom stereocenters. The van der Waals surface area contributed by atoms with Gasteiger partial charge in [-0.15, -0.1) is 10.2 Å². The van der Waals surface area contributed by atoms with Gasteiger partial charge in [-0.05, 0) is 43.4 Å². The molecule has 12 heteroatoms. The predicted molar refractivity (Wildman–Crippen MR) is 111 cm³/mol. The number of hydrogen-bond donors (Lipinski definition) is 1. The number of anilines is 1. The van der Waals surface area contributed by atoms with E-state index in [0.29, 0.717) is 29.9 Å². The van der Waals surface area contributed by atoms with E-state index in [1.807, 2.05) is 13.8 Å². The monoisotopic (exact) mass is 476 g/mol. The maximum absolute atomic E-state index is 13.3. The fourth-order valence-electron chi connectivity index (χ4n) is 5.05. The van der Waals surface area contributed by atoms with Crippen LogP contribution in [0.5, 0.6) is 0 Å². The number of fused-ring (bicyclic) bond motifs is 2. The second-order valence-electron chi connectivity index (χ2n) is 8.90. The topological polar surface area (TPSA) is 97.0 Å². The number of aromatic nitrogens is 4. The van der Waals surface area contributed by atoms with Crippen molar-refractivity contribution >= 4 is 11.7 Å². The predicted octanol–water partition coefficient (Wildman–Crippen LogP) is 4.92. The molecular weight excluding hydrogens is 456 g/mol. The van der Waals surface area contributed by atoms with Crippen molar-refractivity contribution in [1.29, 1.82) is 0 Å². The number of carbonyl (C=O) groups is 1. The molecule has 3 aromatic rings. The normalized spacial score (nSPS) is 24.0. The number of alkyl halides is 3. The zero-order valence-corrected chi connectivity index (χ0v) is 18.2. The smallest absolute Gasteiger partial charge is 0.415 e. The number of nitrogens with one attached hydrogen (secondary N) is 1. The molecule has 8 nitrogen and oxygen atoms in total. The van der Waals surface area contributed by atoms with Gasteiger partial charge >= 0.3 is 18.1 Å². The van der Waals surface area contributed by atoms with Crippen molar-refractivity contribution in [1.82, 2.24) is 25.1 Å². The van der Waals surface area contributed by atoms with Gasteiger partial charge in [-0.2, -0.15) is 13.2 Å². The molecule has 2 aromatic heterocycles. The van der Waals surface area contributed by atoms with E-state index in [-0.39, 0.29) is 17.9 Å². The molecule has 2 bridgehead atoms. The summed E-state index contributed by atoms with van der Waals surface area (Å²) in [6.45, 7) is 3.81. The van der Waals surface area contributed by atoms with Crippen molar-refractivity contribution in [3.8, 4) is 11.4 Å². The first-order valence-corrected chi connectivity index (χ1v) is 10.7. The molecule has 5 rings (SSSR count). The minimum atomic E-state index is -4.76. The summed E-state index contributed by atoms with van der Waals surface area (Å²) >= 11 is 0. The lowest BCUT2D eigenvalue weighted by Gasteiger charge is -2.61. The highest BCUT2D eigenvalue weighted by Crippen LogP contribution is 2.55. The Balaban J connectivity index is 1.43. The third-order valence-corrected chi connectivity index (χ3v) is 6.39. The van der Waals surface area contributed by atoms with Crippen molar-refractivity contribution in [2.75, 3.05) is 5.32 Å². The van der Waals surface area contributed by atoms with Crippen LogP contribution in [0.25, 0.3) is 11.4 Å². The van der Waals surface area contributed by atoms with E-state index >= 15 is 0 Å². The molecule has 2 aliphatic rings. The van der Waals surface area contributed by atoms with Crippen LogP contribution in [0.15, 0.2) is 35.0 Å². The highest BCUT2D eigenvalue weighted by molar-refractivity contribution is 5.91. The minimum Gasteiger partial charge on any atom is -0.415 e. The van der Waals surface area contributed by atoms with E-state index in [9.17, 15) is 22.4 Å². The molecule has 4 heterocycles. The summed E-state index contributed by atoms with van der Waals surface area (Å²) in [6.07, 6.45) is -1.07. The van der Waals surface area contributed by atoms with Crippen LogP contribution in [0.4, 0.5) is 28.0 Å². The molecule has 0 spiro atoms. The second kappa shape index (κ2) is 7.74. The van der Waals surface area contributed by atoms with Gasteiger partial charge in [0.2, 0.25) is 5.89 Å². The fraction of sp³-hybridized carbons (Fsp3) is 0.409. The number of urea groups is 1. The van der Waals surface area contributed by atoms with Crippen LogP contribution < -0.4 is 5.32 Å². The Morgan fingerprint density at radius 2 is 1.94 bits per heavy atom. The quantitative estimate of drug-likeness (QED) is 0.539. The van der Waals surface area contributed by atoms with E-state index in [1.165, 1.54) is 4.90 Å². The minimum absolute atomic E-state index is 0.157. The lowest BCUT2D eigenvalue weighted by molar-refractivity contribution is -0.161. The maximum Gasteiger partial charge on any atom is 0.470 e. The molecule has 1 N–H and O–H groups in total. The molecule has 0 aliphatic carbocycles. The number of piperidine rings is 1. The van der Waals surface area contributed by atoms with Crippen molar-refractivity contribution < 1.29 is 26.8 Å². The number of hydrogen-bond acceptors (Lipinski definition) is 6. The van der Waals surface area contributed by atoms with E-state index < -0.39 is 29.5 Å². The molecule has 178 valence electrons. The molecule has 1 aromatic carbocycles. The van der Waals surface area contributed by atoms with Gasteiger partial charge in [0.05, 0.1) is 12.4 Å². The molecule has 2 aliphatic heterocycles. The summed E-state index contributed by atoms with van der Waals surface area (Å²) in [5.74, 6) is -1.73. The Labute approximate surface area is 191 Å². The summed E-state index contributed by atoms with van der Waals surface area (Å²) in [7, 11) is 0. The number of carbonyl (C=O) groups excluding carboxylic acids is 1. The Hall–Kier alpha value is -3.57. The fourth-order valence-corrected chi connectivity index (χ4v) is 5.05. The third-order valence-electron chi connectivity index (χ3n) is 6.39. The molecule has 2 amide bonds. The van der Waals surface area contributed by atoms with Crippen LogP contribution in [-0.4, -0.2) is 37.1 Å². The zero-order valence-electron chi connectivity index (χ0n) is 18.2. The number of aryl methyl sites for hydroxylation is 1. The molecule has 2 fully saturated rings. The van der Waals surface area contributed by atoms with Gasteiger partial charge in [0.25, 0.3) is 0 Å². The second-order valence-corrected chi connectivity index (χ2v) is 8.90. The standard InChI is InChI=1S/C22H20F4N6O2/c1-11-5-15-8-21(7-11,18-30-31-19(34-18)22(24,25)26)32(15)20(33)29-14-4-3-12(2)16(6-14)17-27-9-13(23)10-28-17/h3-4,6,9-11,15H,5,7-8H2,1-2H3,(H,29,33)/t11-,15?,21?/m1/s1.